The van der Waals surface area contributed by atoms with E-state index in [4.69, 9.17) is 4.74 Å². The van der Waals surface area contributed by atoms with Crippen molar-refractivity contribution in [2.24, 2.45) is 11.3 Å². The molecule has 0 bridgehead atoms. The molecule has 0 fully saturated rings. The molecule has 2 N–H and O–H groups in total. The fraction of sp³-hybridized carbons (Fsp3) is 0.500. The zero-order valence-corrected chi connectivity index (χ0v) is 12.6. The fourth-order valence-corrected chi connectivity index (χ4v) is 2.37. The summed E-state index contributed by atoms with van der Waals surface area (Å²) >= 11 is 0. The molecule has 0 aliphatic heterocycles. The first kappa shape index (κ1) is 17.2. The molecule has 0 saturated carbocycles. The lowest BCUT2D eigenvalue weighted by molar-refractivity contribution is -0.176. The molecule has 0 aliphatic rings. The zero-order chi connectivity index (χ0) is 16.0. The Balaban J connectivity index is 3.30. The van der Waals surface area contributed by atoms with E-state index in [-0.39, 0.29) is 13.0 Å². The number of aliphatic hydroxyl groups excluding tert-OH is 1. The van der Waals surface area contributed by atoms with Gasteiger partial charge in [-0.3, -0.25) is 9.59 Å². The van der Waals surface area contributed by atoms with Gasteiger partial charge in [0.1, 0.15) is 0 Å². The zero-order valence-electron chi connectivity index (χ0n) is 12.6. The summed E-state index contributed by atoms with van der Waals surface area (Å²) in [4.78, 5) is 24.2. The van der Waals surface area contributed by atoms with Gasteiger partial charge in [-0.1, -0.05) is 37.3 Å². The minimum atomic E-state index is -1.80. The summed E-state index contributed by atoms with van der Waals surface area (Å²) in [5, 5.41) is 19.5. The number of hydrogen-bond donors (Lipinski definition) is 2. The van der Waals surface area contributed by atoms with Crippen LogP contribution in [0.2, 0.25) is 0 Å². The molecule has 0 saturated heterocycles. The first-order chi connectivity index (χ1) is 9.86. The smallest absolute Gasteiger partial charge is 0.324 e. The topological polar surface area (TPSA) is 83.8 Å². The van der Waals surface area contributed by atoms with Crippen LogP contribution in [0.25, 0.3) is 0 Å². The maximum Gasteiger partial charge on any atom is 0.324 e. The monoisotopic (exact) mass is 294 g/mol. The molecule has 3 atom stereocenters. The second kappa shape index (κ2) is 7.22. The highest BCUT2D eigenvalue weighted by molar-refractivity contribution is 6.00. The van der Waals surface area contributed by atoms with E-state index in [9.17, 15) is 19.8 Å². The van der Waals surface area contributed by atoms with Crippen LogP contribution in [0.3, 0.4) is 0 Å². The lowest BCUT2D eigenvalue weighted by atomic mass is 9.70. The summed E-state index contributed by atoms with van der Waals surface area (Å²) in [6.45, 7) is 4.75. The maximum absolute atomic E-state index is 12.3. The number of rotatable bonds is 7. The largest absolute Gasteiger partial charge is 0.480 e. The highest BCUT2D eigenvalue weighted by atomic mass is 16.5. The third-order valence-electron chi connectivity index (χ3n) is 3.85. The summed E-state index contributed by atoms with van der Waals surface area (Å²) in [6, 6.07) is 8.88. The third-order valence-corrected chi connectivity index (χ3v) is 3.85. The van der Waals surface area contributed by atoms with Gasteiger partial charge in [0, 0.05) is 5.92 Å². The number of ether oxygens (including phenoxy) is 1. The Morgan fingerprint density at radius 3 is 2.24 bits per heavy atom. The normalized spacial score (nSPS) is 16.6. The number of esters is 1. The van der Waals surface area contributed by atoms with Gasteiger partial charge in [0.25, 0.3) is 0 Å². The molecule has 116 valence electrons. The summed E-state index contributed by atoms with van der Waals surface area (Å²) in [5.41, 5.74) is -1.09. The number of carbonyl (C=O) groups is 2. The number of carbonyl (C=O) groups excluding carboxylic acids is 1. The third kappa shape index (κ3) is 3.61. The molecule has 0 radical (unpaired) electrons. The Bertz CT molecular complexity index is 483. The Hall–Kier alpha value is -1.88. The Labute approximate surface area is 124 Å². The van der Waals surface area contributed by atoms with E-state index in [1.54, 1.807) is 38.1 Å². The van der Waals surface area contributed by atoms with Gasteiger partial charge in [0.15, 0.2) is 5.41 Å². The Morgan fingerprint density at radius 2 is 1.81 bits per heavy atom. The molecular formula is C16H22O5. The van der Waals surface area contributed by atoms with Gasteiger partial charge >= 0.3 is 11.9 Å². The van der Waals surface area contributed by atoms with Crippen LogP contribution < -0.4 is 0 Å². The summed E-state index contributed by atoms with van der Waals surface area (Å²) in [5.74, 6) is -2.87. The van der Waals surface area contributed by atoms with E-state index < -0.39 is 29.4 Å². The van der Waals surface area contributed by atoms with Gasteiger partial charge in [-0.15, -0.1) is 0 Å². The van der Waals surface area contributed by atoms with E-state index in [1.165, 1.54) is 6.92 Å². The van der Waals surface area contributed by atoms with E-state index in [1.807, 2.05) is 6.07 Å². The van der Waals surface area contributed by atoms with Gasteiger partial charge in [0.2, 0.25) is 0 Å². The second-order valence-electron chi connectivity index (χ2n) is 5.19. The van der Waals surface area contributed by atoms with Crippen molar-refractivity contribution in [1.82, 2.24) is 0 Å². The van der Waals surface area contributed by atoms with Crippen LogP contribution in [-0.4, -0.2) is 34.9 Å². The Kier molecular flexibility index (Phi) is 5.90. The molecule has 0 aliphatic carbocycles. The van der Waals surface area contributed by atoms with Gasteiger partial charge in [-0.25, -0.2) is 0 Å². The van der Waals surface area contributed by atoms with Crippen molar-refractivity contribution in [1.29, 1.82) is 0 Å². The van der Waals surface area contributed by atoms with E-state index in [2.05, 4.69) is 0 Å². The van der Waals surface area contributed by atoms with Crippen LogP contribution in [0.15, 0.2) is 30.3 Å². The van der Waals surface area contributed by atoms with E-state index >= 15 is 0 Å². The minimum absolute atomic E-state index is 0.0198. The first-order valence-electron chi connectivity index (χ1n) is 6.98. The summed E-state index contributed by atoms with van der Waals surface area (Å²) < 4.78 is 4.98. The standard InChI is InChI=1S/C16H22O5/c1-4-21-15(20)16(14(18)19,11(2)12(3)17)10-13-8-6-5-7-9-13/h5-9,11-12,17H,4,10H2,1-3H3,(H,18,19). The summed E-state index contributed by atoms with van der Waals surface area (Å²) in [7, 11) is 0. The van der Waals surface area contributed by atoms with Crippen LogP contribution >= 0.6 is 0 Å². The van der Waals surface area contributed by atoms with Crippen molar-refractivity contribution >= 4 is 11.9 Å². The quantitative estimate of drug-likeness (QED) is 0.592. The van der Waals surface area contributed by atoms with Crippen LogP contribution in [0.4, 0.5) is 0 Å². The molecule has 21 heavy (non-hydrogen) atoms. The second-order valence-corrected chi connectivity index (χ2v) is 5.19. The molecule has 5 heteroatoms. The predicted octanol–water partition coefficient (Wildman–Crippen LogP) is 1.88. The molecule has 0 amide bonds. The fourth-order valence-electron chi connectivity index (χ4n) is 2.37. The van der Waals surface area contributed by atoms with Crippen LogP contribution in [0.5, 0.6) is 0 Å². The van der Waals surface area contributed by atoms with Gasteiger partial charge in [-0.05, 0) is 25.8 Å². The van der Waals surface area contributed by atoms with Crippen molar-refractivity contribution in [3.05, 3.63) is 35.9 Å². The van der Waals surface area contributed by atoms with Crippen molar-refractivity contribution in [2.75, 3.05) is 6.61 Å². The SMILES string of the molecule is CCOC(=O)C(Cc1ccccc1)(C(=O)O)C(C)C(C)O. The molecule has 0 spiro atoms. The number of benzene rings is 1. The predicted molar refractivity (Wildman–Crippen MR) is 77.7 cm³/mol. The first-order valence-corrected chi connectivity index (χ1v) is 6.98. The Morgan fingerprint density at radius 1 is 1.24 bits per heavy atom. The molecular weight excluding hydrogens is 272 g/mol. The van der Waals surface area contributed by atoms with Gasteiger partial charge in [0.05, 0.1) is 12.7 Å². The minimum Gasteiger partial charge on any atom is -0.480 e. The molecule has 5 nitrogen and oxygen atoms in total. The van der Waals surface area contributed by atoms with E-state index in [0.717, 1.165) is 0 Å². The highest BCUT2D eigenvalue weighted by Gasteiger charge is 2.53. The number of hydrogen-bond acceptors (Lipinski definition) is 4. The van der Waals surface area contributed by atoms with Crippen molar-refractivity contribution < 1.29 is 24.5 Å². The number of carboxylic acid groups (broad SMARTS) is 1. The molecule has 1 aromatic rings. The lowest BCUT2D eigenvalue weighted by Gasteiger charge is -2.34. The van der Waals surface area contributed by atoms with Crippen LogP contribution in [-0.2, 0) is 20.7 Å². The maximum atomic E-state index is 12.3. The molecule has 1 aromatic carbocycles. The van der Waals surface area contributed by atoms with Crippen molar-refractivity contribution in [3.63, 3.8) is 0 Å². The molecule has 3 unspecified atom stereocenters. The highest BCUT2D eigenvalue weighted by Crippen LogP contribution is 2.36. The molecule has 1 rings (SSSR count). The van der Waals surface area contributed by atoms with Crippen LogP contribution in [0, 0.1) is 11.3 Å². The number of aliphatic hydroxyl groups is 1. The van der Waals surface area contributed by atoms with Gasteiger partial charge < -0.3 is 14.9 Å². The van der Waals surface area contributed by atoms with Crippen molar-refractivity contribution in [2.45, 2.75) is 33.3 Å². The molecule has 0 heterocycles. The average Bonchev–Trinajstić information content (AvgIpc) is 2.44. The van der Waals surface area contributed by atoms with E-state index in [0.29, 0.717) is 5.56 Å². The van der Waals surface area contributed by atoms with Crippen LogP contribution in [0.1, 0.15) is 26.3 Å². The number of aliphatic carboxylic acids is 1. The van der Waals surface area contributed by atoms with Crippen molar-refractivity contribution in [3.8, 4) is 0 Å². The summed E-state index contributed by atoms with van der Waals surface area (Å²) in [6.07, 6.45) is -0.970. The van der Waals surface area contributed by atoms with Gasteiger partial charge in [-0.2, -0.15) is 0 Å². The lowest BCUT2D eigenvalue weighted by Crippen LogP contribution is -2.50. The average molecular weight is 294 g/mol. The number of carboxylic acids is 1. The molecule has 0 aromatic heterocycles.